The van der Waals surface area contributed by atoms with Gasteiger partial charge in [-0.25, -0.2) is 9.97 Å². The molecule has 0 aliphatic rings. The molecular weight excluding hydrogens is 613 g/mol. The van der Waals surface area contributed by atoms with E-state index in [0.717, 1.165) is 94.2 Å². The summed E-state index contributed by atoms with van der Waals surface area (Å²) in [6, 6.07) is 58.3. The first-order chi connectivity index (χ1) is 24.8. The van der Waals surface area contributed by atoms with Crippen LogP contribution < -0.4 is 0 Å². The van der Waals surface area contributed by atoms with E-state index >= 15 is 0 Å². The zero-order valence-electron chi connectivity index (χ0n) is 26.9. The Balaban J connectivity index is 1.22. The van der Waals surface area contributed by atoms with Crippen LogP contribution in [-0.2, 0) is 0 Å². The fraction of sp³-hybridized carbons (Fsp3) is 0. The number of benzene rings is 7. The summed E-state index contributed by atoms with van der Waals surface area (Å²) >= 11 is 0. The molecular formula is C46H28N2O2. The first-order valence-electron chi connectivity index (χ1n) is 16.7. The van der Waals surface area contributed by atoms with Crippen LogP contribution in [0.4, 0.5) is 0 Å². The van der Waals surface area contributed by atoms with Crippen molar-refractivity contribution in [2.45, 2.75) is 0 Å². The Morgan fingerprint density at radius 3 is 1.74 bits per heavy atom. The van der Waals surface area contributed by atoms with Crippen LogP contribution in [0, 0.1) is 0 Å². The fourth-order valence-electron chi connectivity index (χ4n) is 7.17. The SMILES string of the molecule is c1ccc(-c2cc(-c3ccccc3-c3ccccc3)nc(-c3ccc(-c4ccc5c(c4)oc4ccccc45)c4oc5ccccc5c34)n2)cc1. The zero-order valence-corrected chi connectivity index (χ0v) is 26.9. The monoisotopic (exact) mass is 640 g/mol. The minimum Gasteiger partial charge on any atom is -0.456 e. The molecule has 0 N–H and O–H groups in total. The number of rotatable bonds is 5. The van der Waals surface area contributed by atoms with Crippen LogP contribution >= 0.6 is 0 Å². The van der Waals surface area contributed by atoms with Gasteiger partial charge >= 0.3 is 0 Å². The van der Waals surface area contributed by atoms with Gasteiger partial charge in [0.05, 0.1) is 11.4 Å². The lowest BCUT2D eigenvalue weighted by Crippen LogP contribution is -1.97. The molecule has 0 spiro atoms. The lowest BCUT2D eigenvalue weighted by atomic mass is 9.95. The van der Waals surface area contributed by atoms with Crippen molar-refractivity contribution in [2.24, 2.45) is 0 Å². The maximum Gasteiger partial charge on any atom is 0.161 e. The van der Waals surface area contributed by atoms with Crippen LogP contribution in [0.1, 0.15) is 0 Å². The normalized spacial score (nSPS) is 11.6. The summed E-state index contributed by atoms with van der Waals surface area (Å²) in [4.78, 5) is 10.6. The second-order valence-corrected chi connectivity index (χ2v) is 12.5. The zero-order chi connectivity index (χ0) is 33.0. The predicted molar refractivity (Wildman–Crippen MR) is 204 cm³/mol. The predicted octanol–water partition coefficient (Wildman–Crippen LogP) is 12.6. The quantitative estimate of drug-likeness (QED) is 0.188. The number of para-hydroxylation sites is 2. The second-order valence-electron chi connectivity index (χ2n) is 12.5. The molecule has 0 saturated carbocycles. The van der Waals surface area contributed by atoms with Crippen molar-refractivity contribution in [1.82, 2.24) is 9.97 Å². The molecule has 0 atom stereocenters. The molecule has 0 aliphatic carbocycles. The summed E-state index contributed by atoms with van der Waals surface area (Å²) in [5.41, 5.74) is 12.3. The second kappa shape index (κ2) is 11.4. The Kier molecular flexibility index (Phi) is 6.46. The summed E-state index contributed by atoms with van der Waals surface area (Å²) in [5.74, 6) is 0.639. The molecule has 3 heterocycles. The Morgan fingerprint density at radius 2 is 0.940 bits per heavy atom. The topological polar surface area (TPSA) is 52.1 Å². The fourth-order valence-corrected chi connectivity index (χ4v) is 7.17. The van der Waals surface area contributed by atoms with Gasteiger partial charge in [0, 0.05) is 43.8 Å². The van der Waals surface area contributed by atoms with Gasteiger partial charge in [-0.3, -0.25) is 0 Å². The van der Waals surface area contributed by atoms with Gasteiger partial charge < -0.3 is 8.83 Å². The van der Waals surface area contributed by atoms with E-state index in [0.29, 0.717) is 5.82 Å². The molecule has 50 heavy (non-hydrogen) atoms. The highest BCUT2D eigenvalue weighted by Gasteiger charge is 2.21. The third-order valence-electron chi connectivity index (χ3n) is 9.54. The van der Waals surface area contributed by atoms with Crippen LogP contribution in [0.3, 0.4) is 0 Å². The van der Waals surface area contributed by atoms with E-state index < -0.39 is 0 Å². The Hall–Kier alpha value is -6.78. The number of furan rings is 2. The van der Waals surface area contributed by atoms with Crippen LogP contribution in [0.25, 0.3) is 100 Å². The van der Waals surface area contributed by atoms with Gasteiger partial charge in [-0.2, -0.15) is 0 Å². The van der Waals surface area contributed by atoms with Crippen LogP contribution in [0.5, 0.6) is 0 Å². The molecule has 10 rings (SSSR count). The highest BCUT2D eigenvalue weighted by molar-refractivity contribution is 6.16. The molecule has 10 aromatic rings. The van der Waals surface area contributed by atoms with Gasteiger partial charge in [0.2, 0.25) is 0 Å². The third kappa shape index (κ3) is 4.61. The maximum atomic E-state index is 6.69. The first-order valence-corrected chi connectivity index (χ1v) is 16.7. The molecule has 0 unspecified atom stereocenters. The minimum atomic E-state index is 0.639. The number of nitrogens with zero attached hydrogens (tertiary/aromatic N) is 2. The molecule has 0 amide bonds. The summed E-state index contributed by atoms with van der Waals surface area (Å²) in [6.45, 7) is 0. The van der Waals surface area contributed by atoms with Gasteiger partial charge in [-0.05, 0) is 59.2 Å². The molecule has 0 fully saturated rings. The Morgan fingerprint density at radius 1 is 0.340 bits per heavy atom. The van der Waals surface area contributed by atoms with Crippen molar-refractivity contribution < 1.29 is 8.83 Å². The van der Waals surface area contributed by atoms with Gasteiger partial charge in [0.25, 0.3) is 0 Å². The lowest BCUT2D eigenvalue weighted by molar-refractivity contribution is 0.668. The standard InChI is InChI=1S/C46H28N2O2/c1-3-13-29(14-4-1)32-17-7-8-18-34(32)40-28-39(30-15-5-2-6-16-30)47-46(48-40)38-26-25-33(45-44(38)37-20-10-12-22-42(37)50-45)31-23-24-36-35-19-9-11-21-41(35)49-43(36)27-31/h1-28H. The Bertz CT molecular complexity index is 2870. The van der Waals surface area contributed by atoms with E-state index in [9.17, 15) is 0 Å². The summed E-state index contributed by atoms with van der Waals surface area (Å²) < 4.78 is 13.0. The molecule has 3 aromatic heterocycles. The van der Waals surface area contributed by atoms with Gasteiger partial charge in [-0.1, -0.05) is 127 Å². The average molecular weight is 641 g/mol. The summed E-state index contributed by atoms with van der Waals surface area (Å²) in [7, 11) is 0. The van der Waals surface area contributed by atoms with Crippen LogP contribution in [0.2, 0.25) is 0 Å². The van der Waals surface area contributed by atoms with E-state index in [2.05, 4.69) is 115 Å². The lowest BCUT2D eigenvalue weighted by Gasteiger charge is -2.14. The Labute approximate surface area is 287 Å². The average Bonchev–Trinajstić information content (AvgIpc) is 3.77. The van der Waals surface area contributed by atoms with Crippen molar-refractivity contribution in [2.75, 3.05) is 0 Å². The van der Waals surface area contributed by atoms with Crippen molar-refractivity contribution in [3.8, 4) is 56.2 Å². The maximum absolute atomic E-state index is 6.69. The minimum absolute atomic E-state index is 0.639. The molecule has 4 nitrogen and oxygen atoms in total. The van der Waals surface area contributed by atoms with Crippen molar-refractivity contribution in [3.05, 3.63) is 170 Å². The molecule has 4 heteroatoms. The van der Waals surface area contributed by atoms with E-state index in [-0.39, 0.29) is 0 Å². The first kappa shape index (κ1) is 28.3. The molecule has 0 saturated heterocycles. The molecule has 7 aromatic carbocycles. The van der Waals surface area contributed by atoms with Gasteiger partial charge in [0.1, 0.15) is 22.3 Å². The molecule has 0 radical (unpaired) electrons. The van der Waals surface area contributed by atoms with Crippen LogP contribution in [-0.4, -0.2) is 9.97 Å². The largest absolute Gasteiger partial charge is 0.456 e. The van der Waals surface area contributed by atoms with Crippen molar-refractivity contribution in [1.29, 1.82) is 0 Å². The number of hydrogen-bond acceptors (Lipinski definition) is 4. The van der Waals surface area contributed by atoms with Crippen LogP contribution in [0.15, 0.2) is 179 Å². The smallest absolute Gasteiger partial charge is 0.161 e. The number of aromatic nitrogens is 2. The number of fused-ring (bicyclic) bond motifs is 6. The van der Waals surface area contributed by atoms with Crippen molar-refractivity contribution in [3.63, 3.8) is 0 Å². The highest BCUT2D eigenvalue weighted by Crippen LogP contribution is 2.43. The van der Waals surface area contributed by atoms with E-state index in [1.807, 2.05) is 54.6 Å². The number of hydrogen-bond donors (Lipinski definition) is 0. The molecule has 234 valence electrons. The molecule has 0 aliphatic heterocycles. The van der Waals surface area contributed by atoms with Gasteiger partial charge in [-0.15, -0.1) is 0 Å². The third-order valence-corrected chi connectivity index (χ3v) is 9.54. The van der Waals surface area contributed by atoms with E-state index in [1.54, 1.807) is 0 Å². The van der Waals surface area contributed by atoms with Gasteiger partial charge in [0.15, 0.2) is 5.82 Å². The summed E-state index contributed by atoms with van der Waals surface area (Å²) in [6.07, 6.45) is 0. The summed E-state index contributed by atoms with van der Waals surface area (Å²) in [5, 5.41) is 4.20. The highest BCUT2D eigenvalue weighted by atomic mass is 16.3. The molecule has 0 bridgehead atoms. The van der Waals surface area contributed by atoms with Crippen molar-refractivity contribution >= 4 is 43.9 Å². The van der Waals surface area contributed by atoms with E-state index in [4.69, 9.17) is 18.8 Å². The van der Waals surface area contributed by atoms with E-state index in [1.165, 1.54) is 0 Å².